The van der Waals surface area contributed by atoms with Crippen molar-refractivity contribution in [3.8, 4) is 0 Å². The van der Waals surface area contributed by atoms with Gasteiger partial charge in [0.2, 0.25) is 5.91 Å². The second kappa shape index (κ2) is 6.57. The van der Waals surface area contributed by atoms with Crippen LogP contribution in [0.2, 0.25) is 0 Å². The minimum atomic E-state index is 0.100. The van der Waals surface area contributed by atoms with E-state index in [1.165, 1.54) is 37.7 Å². The zero-order valence-electron chi connectivity index (χ0n) is 17.1. The SMILES string of the molecule is C[C@]12CC[C@H]3[C@@H](CCC4NC(=O)C=C[C@@]43C)[C@@H]1CC[C@@H]2/C=C/c1cccnc1. The summed E-state index contributed by atoms with van der Waals surface area (Å²) in [6.07, 6.45) is 20.3. The van der Waals surface area contributed by atoms with Crippen molar-refractivity contribution in [3.05, 3.63) is 48.3 Å². The fraction of sp³-hybridized carbons (Fsp3) is 0.600. The van der Waals surface area contributed by atoms with Crippen molar-refractivity contribution >= 4 is 12.0 Å². The first-order valence-electron chi connectivity index (χ1n) is 11.1. The molecule has 0 aromatic carbocycles. The summed E-state index contributed by atoms with van der Waals surface area (Å²) in [4.78, 5) is 16.1. The molecule has 7 atom stereocenters. The fourth-order valence-corrected chi connectivity index (χ4v) is 7.39. The first-order valence-corrected chi connectivity index (χ1v) is 11.1. The minimum Gasteiger partial charge on any atom is -0.349 e. The Kier molecular flexibility index (Phi) is 4.26. The van der Waals surface area contributed by atoms with Crippen LogP contribution in [0.15, 0.2) is 42.8 Å². The normalized spacial score (nSPS) is 44.6. The maximum atomic E-state index is 11.9. The predicted molar refractivity (Wildman–Crippen MR) is 112 cm³/mol. The Morgan fingerprint density at radius 1 is 1.14 bits per heavy atom. The molecule has 3 saturated carbocycles. The highest BCUT2D eigenvalue weighted by Gasteiger charge is 2.59. The quantitative estimate of drug-likeness (QED) is 0.788. The van der Waals surface area contributed by atoms with E-state index in [2.05, 4.69) is 48.4 Å². The molecular weight excluding hydrogens is 344 g/mol. The number of hydrogen-bond acceptors (Lipinski definition) is 2. The number of rotatable bonds is 2. The van der Waals surface area contributed by atoms with Crippen molar-refractivity contribution in [2.45, 2.75) is 58.4 Å². The summed E-state index contributed by atoms with van der Waals surface area (Å²) in [7, 11) is 0. The predicted octanol–water partition coefficient (Wildman–Crippen LogP) is 5.01. The number of amides is 1. The number of aromatic nitrogens is 1. The second-order valence-corrected chi connectivity index (χ2v) is 10.1. The lowest BCUT2D eigenvalue weighted by atomic mass is 9.48. The number of carbonyl (C=O) groups is 1. The molecule has 0 spiro atoms. The van der Waals surface area contributed by atoms with Gasteiger partial charge in [-0.25, -0.2) is 0 Å². The molecule has 0 bridgehead atoms. The average molecular weight is 377 g/mol. The van der Waals surface area contributed by atoms with E-state index in [1.54, 1.807) is 6.08 Å². The van der Waals surface area contributed by atoms with Gasteiger partial charge in [-0.3, -0.25) is 9.78 Å². The molecule has 1 aliphatic heterocycles. The third-order valence-corrected chi connectivity index (χ3v) is 8.96. The molecule has 3 fully saturated rings. The molecule has 1 aromatic heterocycles. The number of allylic oxidation sites excluding steroid dienone is 1. The molecule has 2 heterocycles. The van der Waals surface area contributed by atoms with Crippen LogP contribution >= 0.6 is 0 Å². The third-order valence-electron chi connectivity index (χ3n) is 8.96. The summed E-state index contributed by atoms with van der Waals surface area (Å²) in [5.74, 6) is 3.10. The Morgan fingerprint density at radius 2 is 2.04 bits per heavy atom. The van der Waals surface area contributed by atoms with Crippen molar-refractivity contribution in [1.82, 2.24) is 10.3 Å². The van der Waals surface area contributed by atoms with Gasteiger partial charge in [0.25, 0.3) is 0 Å². The molecule has 5 rings (SSSR count). The van der Waals surface area contributed by atoms with Crippen molar-refractivity contribution in [2.24, 2.45) is 34.5 Å². The van der Waals surface area contributed by atoms with E-state index >= 15 is 0 Å². The van der Waals surface area contributed by atoms with Gasteiger partial charge in [0.05, 0.1) is 0 Å². The molecule has 1 amide bonds. The molecule has 0 radical (unpaired) electrons. The van der Waals surface area contributed by atoms with Gasteiger partial charge in [0.1, 0.15) is 0 Å². The monoisotopic (exact) mass is 376 g/mol. The molecule has 1 N–H and O–H groups in total. The molecule has 3 nitrogen and oxygen atoms in total. The molecule has 148 valence electrons. The second-order valence-electron chi connectivity index (χ2n) is 10.1. The van der Waals surface area contributed by atoms with Gasteiger partial charge in [-0.15, -0.1) is 0 Å². The summed E-state index contributed by atoms with van der Waals surface area (Å²) < 4.78 is 0. The summed E-state index contributed by atoms with van der Waals surface area (Å²) in [6, 6.07) is 4.49. The molecular formula is C25H32N2O. The molecule has 3 aliphatic carbocycles. The number of nitrogens with zero attached hydrogens (tertiary/aromatic N) is 1. The topological polar surface area (TPSA) is 42.0 Å². The number of carbonyl (C=O) groups excluding carboxylic acids is 1. The fourth-order valence-electron chi connectivity index (χ4n) is 7.39. The van der Waals surface area contributed by atoms with E-state index in [4.69, 9.17) is 0 Å². The van der Waals surface area contributed by atoms with Crippen LogP contribution in [-0.2, 0) is 4.79 Å². The lowest BCUT2D eigenvalue weighted by Gasteiger charge is -2.58. The van der Waals surface area contributed by atoms with Crippen LogP contribution in [-0.4, -0.2) is 16.9 Å². The summed E-state index contributed by atoms with van der Waals surface area (Å²) >= 11 is 0. The van der Waals surface area contributed by atoms with Crippen LogP contribution in [0.5, 0.6) is 0 Å². The summed E-state index contributed by atoms with van der Waals surface area (Å²) in [6.45, 7) is 4.97. The van der Waals surface area contributed by atoms with Gasteiger partial charge < -0.3 is 5.32 Å². The van der Waals surface area contributed by atoms with Crippen LogP contribution in [0.4, 0.5) is 0 Å². The van der Waals surface area contributed by atoms with Gasteiger partial charge in [-0.05, 0) is 85.3 Å². The van der Waals surface area contributed by atoms with E-state index in [0.29, 0.717) is 23.3 Å². The number of nitrogens with one attached hydrogen (secondary N) is 1. The highest BCUT2D eigenvalue weighted by Crippen LogP contribution is 2.65. The molecule has 1 aromatic rings. The van der Waals surface area contributed by atoms with Crippen LogP contribution < -0.4 is 5.32 Å². The minimum absolute atomic E-state index is 0.100. The molecule has 4 aliphatic rings. The highest BCUT2D eigenvalue weighted by molar-refractivity contribution is 5.89. The Balaban J connectivity index is 1.39. The maximum absolute atomic E-state index is 11.9. The summed E-state index contributed by atoms with van der Waals surface area (Å²) in [5.41, 5.74) is 1.77. The van der Waals surface area contributed by atoms with Gasteiger partial charge in [0, 0.05) is 23.9 Å². The Bertz CT molecular complexity index is 815. The van der Waals surface area contributed by atoms with Crippen LogP contribution in [0, 0.1) is 34.5 Å². The number of pyridine rings is 1. The Hall–Kier alpha value is -1.90. The Morgan fingerprint density at radius 3 is 2.86 bits per heavy atom. The zero-order chi connectivity index (χ0) is 19.4. The van der Waals surface area contributed by atoms with Gasteiger partial charge in [-0.1, -0.05) is 38.1 Å². The zero-order valence-corrected chi connectivity index (χ0v) is 17.1. The van der Waals surface area contributed by atoms with E-state index in [0.717, 1.165) is 18.3 Å². The van der Waals surface area contributed by atoms with Crippen molar-refractivity contribution in [1.29, 1.82) is 0 Å². The van der Waals surface area contributed by atoms with E-state index < -0.39 is 0 Å². The molecule has 0 saturated heterocycles. The average Bonchev–Trinajstić information content (AvgIpc) is 3.04. The van der Waals surface area contributed by atoms with Crippen molar-refractivity contribution in [3.63, 3.8) is 0 Å². The van der Waals surface area contributed by atoms with Gasteiger partial charge in [0.15, 0.2) is 0 Å². The molecule has 1 unspecified atom stereocenters. The smallest absolute Gasteiger partial charge is 0.243 e. The maximum Gasteiger partial charge on any atom is 0.243 e. The molecule has 28 heavy (non-hydrogen) atoms. The van der Waals surface area contributed by atoms with E-state index in [-0.39, 0.29) is 11.3 Å². The van der Waals surface area contributed by atoms with Gasteiger partial charge in [-0.2, -0.15) is 0 Å². The summed E-state index contributed by atoms with van der Waals surface area (Å²) in [5, 5.41) is 3.27. The number of fused-ring (bicyclic) bond motifs is 5. The largest absolute Gasteiger partial charge is 0.349 e. The third kappa shape index (κ3) is 2.69. The van der Waals surface area contributed by atoms with Crippen LogP contribution in [0.3, 0.4) is 0 Å². The van der Waals surface area contributed by atoms with Crippen molar-refractivity contribution in [2.75, 3.05) is 0 Å². The lowest BCUT2D eigenvalue weighted by molar-refractivity contribution is -0.122. The standard InChI is InChI=1S/C25H32N2O/c1-24-13-11-21-19(8-10-22-25(21,2)14-12-23(28)27-22)20(24)9-7-18(24)6-5-17-4-3-15-26-16-17/h3-6,12,14-16,18-22H,7-11,13H2,1-2H3,(H,27,28)/b6-5+/t18-,19-,20-,21-,22?,24+,25+/m0/s1. The molecule has 3 heteroatoms. The highest BCUT2D eigenvalue weighted by atomic mass is 16.1. The van der Waals surface area contributed by atoms with Gasteiger partial charge >= 0.3 is 0 Å². The van der Waals surface area contributed by atoms with Crippen LogP contribution in [0.1, 0.15) is 57.9 Å². The first kappa shape index (κ1) is 18.1. The Labute approximate surface area is 168 Å². The first-order chi connectivity index (χ1) is 13.5. The van der Waals surface area contributed by atoms with Crippen molar-refractivity contribution < 1.29 is 4.79 Å². The lowest BCUT2D eigenvalue weighted by Crippen LogP contribution is -2.59. The van der Waals surface area contributed by atoms with E-state index in [9.17, 15) is 4.79 Å². The number of hydrogen-bond donors (Lipinski definition) is 1. The van der Waals surface area contributed by atoms with E-state index in [1.807, 2.05) is 18.5 Å². The van der Waals surface area contributed by atoms with Crippen LogP contribution in [0.25, 0.3) is 6.08 Å².